The molecule has 0 aliphatic heterocycles. The molecule has 0 N–H and O–H groups in total. The van der Waals surface area contributed by atoms with Gasteiger partial charge in [-0.05, 0) is 56.4 Å². The van der Waals surface area contributed by atoms with Crippen LogP contribution in [0.3, 0.4) is 0 Å². The van der Waals surface area contributed by atoms with Gasteiger partial charge in [-0.2, -0.15) is 5.26 Å². The van der Waals surface area contributed by atoms with Crippen molar-refractivity contribution in [3.63, 3.8) is 0 Å². The number of carbonyl (C=O) groups is 1. The number of methoxy groups -OCH3 is 1. The molecule has 2 rings (SSSR count). The van der Waals surface area contributed by atoms with E-state index in [1.54, 1.807) is 31.4 Å². The Morgan fingerprint density at radius 1 is 1.30 bits per heavy atom. The van der Waals surface area contributed by atoms with E-state index in [1.165, 1.54) is 0 Å². The maximum atomic E-state index is 12.2. The van der Waals surface area contributed by atoms with Crippen molar-refractivity contribution in [1.82, 2.24) is 0 Å². The number of nitriles is 1. The van der Waals surface area contributed by atoms with Crippen LogP contribution in [0.2, 0.25) is 0 Å². The zero-order valence-electron chi connectivity index (χ0n) is 14.0. The van der Waals surface area contributed by atoms with Crippen LogP contribution in [0.25, 0.3) is 0 Å². The average Bonchev–Trinajstić information content (AvgIpc) is 2.61. The normalized spacial score (nSPS) is 23.8. The van der Waals surface area contributed by atoms with Gasteiger partial charge in [0.2, 0.25) is 0 Å². The Labute approximate surface area is 138 Å². The van der Waals surface area contributed by atoms with Crippen molar-refractivity contribution < 1.29 is 14.3 Å². The maximum Gasteiger partial charge on any atom is 0.338 e. The first-order chi connectivity index (χ1) is 11.1. The predicted molar refractivity (Wildman–Crippen MR) is 88.2 cm³/mol. The highest BCUT2D eigenvalue weighted by molar-refractivity contribution is 5.89. The second-order valence-corrected chi connectivity index (χ2v) is 6.33. The lowest BCUT2D eigenvalue weighted by Gasteiger charge is -2.34. The van der Waals surface area contributed by atoms with Gasteiger partial charge in [0, 0.05) is 0 Å². The topological polar surface area (TPSA) is 59.3 Å². The standard InChI is InChI=1S/C19H25NO3/c1-3-4-11-19(14-20)12-9-17(10-13-19)23-18(21)15-5-7-16(22-2)8-6-15/h5-8,17H,3-4,9-13H2,1-2H3/t17-,19-. The van der Waals surface area contributed by atoms with E-state index < -0.39 is 0 Å². The second kappa shape index (κ2) is 8.01. The number of hydrogen-bond acceptors (Lipinski definition) is 4. The fourth-order valence-corrected chi connectivity index (χ4v) is 3.14. The van der Waals surface area contributed by atoms with Gasteiger partial charge in [0.05, 0.1) is 24.2 Å². The van der Waals surface area contributed by atoms with E-state index in [0.29, 0.717) is 11.3 Å². The fraction of sp³-hybridized carbons (Fsp3) is 0.579. The Kier molecular flexibility index (Phi) is 6.04. The fourth-order valence-electron chi connectivity index (χ4n) is 3.14. The molecule has 0 heterocycles. The van der Waals surface area contributed by atoms with Gasteiger partial charge < -0.3 is 9.47 Å². The molecule has 1 saturated carbocycles. The van der Waals surface area contributed by atoms with Gasteiger partial charge in [0.15, 0.2) is 0 Å². The molecule has 1 aliphatic carbocycles. The van der Waals surface area contributed by atoms with Crippen molar-refractivity contribution in [3.05, 3.63) is 29.8 Å². The molecule has 1 aliphatic rings. The zero-order chi connectivity index (χ0) is 16.7. The van der Waals surface area contributed by atoms with Crippen LogP contribution in [0.5, 0.6) is 5.75 Å². The van der Waals surface area contributed by atoms with Gasteiger partial charge in [-0.1, -0.05) is 19.8 Å². The lowest BCUT2D eigenvalue weighted by molar-refractivity contribution is 0.0105. The number of nitrogens with zero attached hydrogens (tertiary/aromatic N) is 1. The molecule has 0 unspecified atom stereocenters. The summed E-state index contributed by atoms with van der Waals surface area (Å²) in [6, 6.07) is 9.45. The molecule has 0 bridgehead atoms. The van der Waals surface area contributed by atoms with E-state index in [9.17, 15) is 10.1 Å². The van der Waals surface area contributed by atoms with Crippen molar-refractivity contribution in [2.75, 3.05) is 7.11 Å². The smallest absolute Gasteiger partial charge is 0.338 e. The van der Waals surface area contributed by atoms with Crippen LogP contribution < -0.4 is 4.74 Å². The van der Waals surface area contributed by atoms with Gasteiger partial charge in [0.1, 0.15) is 11.9 Å². The summed E-state index contributed by atoms with van der Waals surface area (Å²) in [5.74, 6) is 0.421. The Hall–Kier alpha value is -2.02. The predicted octanol–water partition coefficient (Wildman–Crippen LogP) is 4.49. The van der Waals surface area contributed by atoms with E-state index in [1.807, 2.05) is 0 Å². The molecule has 4 nitrogen and oxygen atoms in total. The van der Waals surface area contributed by atoms with Crippen LogP contribution in [-0.4, -0.2) is 19.2 Å². The third kappa shape index (κ3) is 4.48. The van der Waals surface area contributed by atoms with E-state index in [2.05, 4.69) is 13.0 Å². The van der Waals surface area contributed by atoms with Crippen LogP contribution in [0.1, 0.15) is 62.2 Å². The molecule has 0 amide bonds. The van der Waals surface area contributed by atoms with Crippen molar-refractivity contribution in [1.29, 1.82) is 5.26 Å². The summed E-state index contributed by atoms with van der Waals surface area (Å²) >= 11 is 0. The number of ether oxygens (including phenoxy) is 2. The Morgan fingerprint density at radius 3 is 2.48 bits per heavy atom. The summed E-state index contributed by atoms with van der Waals surface area (Å²) in [6.07, 6.45) is 6.28. The molecule has 1 aromatic carbocycles. The summed E-state index contributed by atoms with van der Waals surface area (Å²) in [4.78, 5) is 12.2. The minimum absolute atomic E-state index is 0.0762. The SMILES string of the molecule is CCCC[C@]1(C#N)CC[C@H](OC(=O)c2ccc(OC)cc2)CC1. The quantitative estimate of drug-likeness (QED) is 0.725. The molecule has 0 saturated heterocycles. The average molecular weight is 315 g/mol. The monoisotopic (exact) mass is 315 g/mol. The van der Waals surface area contributed by atoms with Crippen molar-refractivity contribution >= 4 is 5.97 Å². The highest BCUT2D eigenvalue weighted by Gasteiger charge is 2.36. The Balaban J connectivity index is 1.88. The van der Waals surface area contributed by atoms with E-state index in [0.717, 1.165) is 44.9 Å². The Bertz CT molecular complexity index is 551. The highest BCUT2D eigenvalue weighted by atomic mass is 16.5. The number of benzene rings is 1. The molecule has 4 heteroatoms. The minimum Gasteiger partial charge on any atom is -0.497 e. The van der Waals surface area contributed by atoms with Gasteiger partial charge >= 0.3 is 5.97 Å². The van der Waals surface area contributed by atoms with Crippen LogP contribution >= 0.6 is 0 Å². The first-order valence-corrected chi connectivity index (χ1v) is 8.39. The maximum absolute atomic E-state index is 12.2. The number of carbonyl (C=O) groups excluding carboxylic acids is 1. The molecule has 1 fully saturated rings. The van der Waals surface area contributed by atoms with Crippen LogP contribution in [0, 0.1) is 16.7 Å². The summed E-state index contributed by atoms with van der Waals surface area (Å²) in [7, 11) is 1.59. The molecule has 0 aromatic heterocycles. The molecule has 1 aromatic rings. The molecule has 124 valence electrons. The van der Waals surface area contributed by atoms with Crippen LogP contribution in [-0.2, 0) is 4.74 Å². The molecule has 0 spiro atoms. The number of hydrogen-bond donors (Lipinski definition) is 0. The largest absolute Gasteiger partial charge is 0.497 e. The molecular formula is C19H25NO3. The van der Waals surface area contributed by atoms with Crippen molar-refractivity contribution in [2.45, 2.75) is 58.0 Å². The summed E-state index contributed by atoms with van der Waals surface area (Å²) in [5.41, 5.74) is 0.327. The minimum atomic E-state index is -0.296. The molecular weight excluding hydrogens is 290 g/mol. The number of esters is 1. The van der Waals surface area contributed by atoms with Crippen LogP contribution in [0.15, 0.2) is 24.3 Å². The molecule has 0 atom stereocenters. The highest BCUT2D eigenvalue weighted by Crippen LogP contribution is 2.41. The van der Waals surface area contributed by atoms with Gasteiger partial charge in [-0.25, -0.2) is 4.79 Å². The number of unbranched alkanes of at least 4 members (excludes halogenated alkanes) is 1. The van der Waals surface area contributed by atoms with Gasteiger partial charge in [-0.15, -0.1) is 0 Å². The summed E-state index contributed by atoms with van der Waals surface area (Å²) < 4.78 is 10.7. The first-order valence-electron chi connectivity index (χ1n) is 8.39. The van der Waals surface area contributed by atoms with E-state index in [4.69, 9.17) is 9.47 Å². The first kappa shape index (κ1) is 17.3. The lowest BCUT2D eigenvalue weighted by atomic mass is 9.71. The second-order valence-electron chi connectivity index (χ2n) is 6.33. The molecule has 23 heavy (non-hydrogen) atoms. The van der Waals surface area contributed by atoms with Crippen molar-refractivity contribution in [3.8, 4) is 11.8 Å². The summed E-state index contributed by atoms with van der Waals surface area (Å²) in [6.45, 7) is 2.15. The molecule has 0 radical (unpaired) electrons. The third-order valence-corrected chi connectivity index (χ3v) is 4.74. The van der Waals surface area contributed by atoms with Crippen LogP contribution in [0.4, 0.5) is 0 Å². The third-order valence-electron chi connectivity index (χ3n) is 4.74. The van der Waals surface area contributed by atoms with Gasteiger partial charge in [-0.3, -0.25) is 0 Å². The Morgan fingerprint density at radius 2 is 1.96 bits per heavy atom. The lowest BCUT2D eigenvalue weighted by Crippen LogP contribution is -2.31. The number of rotatable bonds is 6. The van der Waals surface area contributed by atoms with Gasteiger partial charge in [0.25, 0.3) is 0 Å². The van der Waals surface area contributed by atoms with E-state index >= 15 is 0 Å². The van der Waals surface area contributed by atoms with E-state index in [-0.39, 0.29) is 17.5 Å². The zero-order valence-corrected chi connectivity index (χ0v) is 14.0. The van der Waals surface area contributed by atoms with Crippen molar-refractivity contribution in [2.24, 2.45) is 5.41 Å². The summed E-state index contributed by atoms with van der Waals surface area (Å²) in [5, 5.41) is 9.49.